The van der Waals surface area contributed by atoms with Gasteiger partial charge in [0.1, 0.15) is 5.82 Å². The Morgan fingerprint density at radius 3 is 2.50 bits per heavy atom. The van der Waals surface area contributed by atoms with Crippen LogP contribution in [-0.4, -0.2) is 19.3 Å². The van der Waals surface area contributed by atoms with Crippen molar-refractivity contribution < 1.29 is 17.6 Å². The molecule has 0 saturated heterocycles. The summed E-state index contributed by atoms with van der Waals surface area (Å²) in [5.74, 6) is -0.956. The number of aromatic nitrogens is 1. The zero-order valence-electron chi connectivity index (χ0n) is 15.1. The van der Waals surface area contributed by atoms with Crippen LogP contribution >= 0.6 is 27.3 Å². The van der Waals surface area contributed by atoms with Gasteiger partial charge in [0.2, 0.25) is 0 Å². The Labute approximate surface area is 184 Å². The van der Waals surface area contributed by atoms with Crippen LogP contribution in [0.15, 0.2) is 76.1 Å². The van der Waals surface area contributed by atoms with E-state index in [9.17, 15) is 17.6 Å². The minimum Gasteiger partial charge on any atom is -0.298 e. The van der Waals surface area contributed by atoms with Crippen molar-refractivity contribution >= 4 is 64.2 Å². The van der Waals surface area contributed by atoms with Gasteiger partial charge in [-0.1, -0.05) is 23.5 Å². The summed E-state index contributed by atoms with van der Waals surface area (Å²) in [4.78, 5) is 16.9. The summed E-state index contributed by atoms with van der Waals surface area (Å²) in [6, 6.07) is 16.2. The molecule has 2 N–H and O–H groups in total. The van der Waals surface area contributed by atoms with Gasteiger partial charge in [0.05, 0.1) is 15.1 Å². The van der Waals surface area contributed by atoms with Gasteiger partial charge in [0, 0.05) is 15.7 Å². The standard InChI is InChI=1S/C20H13BrFN3O3S2/c21-16-5-2-6-17-18(16)23-20(29-17)24-19(26)12-3-1-4-14(11-12)25-30(27,28)15-9-7-13(22)8-10-15/h1-11,25H,(H,23,24,26). The molecule has 0 aliphatic carbocycles. The molecule has 1 amide bonds. The minimum absolute atomic E-state index is 0.0844. The van der Waals surface area contributed by atoms with Crippen LogP contribution in [-0.2, 0) is 10.0 Å². The van der Waals surface area contributed by atoms with Crippen LogP contribution in [0.3, 0.4) is 0 Å². The van der Waals surface area contributed by atoms with Crippen LogP contribution in [0.4, 0.5) is 15.2 Å². The quantitative estimate of drug-likeness (QED) is 0.387. The third-order valence-corrected chi connectivity index (χ3v) is 7.06. The van der Waals surface area contributed by atoms with E-state index in [1.165, 1.54) is 35.6 Å². The Kier molecular flexibility index (Phi) is 5.54. The smallest absolute Gasteiger partial charge is 0.261 e. The van der Waals surface area contributed by atoms with E-state index in [2.05, 4.69) is 31.0 Å². The van der Waals surface area contributed by atoms with Gasteiger partial charge < -0.3 is 0 Å². The Morgan fingerprint density at radius 1 is 1.03 bits per heavy atom. The van der Waals surface area contributed by atoms with E-state index in [1.807, 2.05) is 18.2 Å². The average molecular weight is 506 g/mol. The van der Waals surface area contributed by atoms with E-state index in [0.717, 1.165) is 26.8 Å². The van der Waals surface area contributed by atoms with Gasteiger partial charge in [0.15, 0.2) is 5.13 Å². The van der Waals surface area contributed by atoms with Crippen molar-refractivity contribution in [2.45, 2.75) is 4.90 Å². The second kappa shape index (κ2) is 8.13. The van der Waals surface area contributed by atoms with Crippen molar-refractivity contribution in [1.82, 2.24) is 4.98 Å². The first kappa shape index (κ1) is 20.5. The number of fused-ring (bicyclic) bond motifs is 1. The highest BCUT2D eigenvalue weighted by Gasteiger charge is 2.16. The molecule has 0 aliphatic rings. The predicted octanol–water partition coefficient (Wildman–Crippen LogP) is 5.25. The highest BCUT2D eigenvalue weighted by Crippen LogP contribution is 2.31. The van der Waals surface area contributed by atoms with Crippen molar-refractivity contribution in [3.8, 4) is 0 Å². The van der Waals surface area contributed by atoms with Gasteiger partial charge in [-0.25, -0.2) is 17.8 Å². The van der Waals surface area contributed by atoms with E-state index < -0.39 is 21.7 Å². The molecule has 152 valence electrons. The molecular formula is C20H13BrFN3O3S2. The Bertz CT molecular complexity index is 1360. The zero-order valence-corrected chi connectivity index (χ0v) is 18.3. The van der Waals surface area contributed by atoms with Crippen molar-refractivity contribution in [1.29, 1.82) is 0 Å². The highest BCUT2D eigenvalue weighted by atomic mass is 79.9. The summed E-state index contributed by atoms with van der Waals surface area (Å²) in [7, 11) is -3.92. The number of anilines is 2. The van der Waals surface area contributed by atoms with Crippen molar-refractivity contribution in [3.05, 3.63) is 82.6 Å². The van der Waals surface area contributed by atoms with Crippen LogP contribution < -0.4 is 10.0 Å². The van der Waals surface area contributed by atoms with Crippen LogP contribution in [0.1, 0.15) is 10.4 Å². The van der Waals surface area contributed by atoms with Crippen LogP contribution in [0.5, 0.6) is 0 Å². The molecule has 0 spiro atoms. The molecule has 0 unspecified atom stereocenters. The number of carbonyl (C=O) groups excluding carboxylic acids is 1. The zero-order chi connectivity index (χ0) is 21.3. The molecule has 6 nitrogen and oxygen atoms in total. The number of hydrogen-bond donors (Lipinski definition) is 2. The number of nitrogens with one attached hydrogen (secondary N) is 2. The lowest BCUT2D eigenvalue weighted by molar-refractivity contribution is 0.102. The maximum absolute atomic E-state index is 13.0. The fraction of sp³-hybridized carbons (Fsp3) is 0. The van der Waals surface area contributed by atoms with Crippen LogP contribution in [0.2, 0.25) is 0 Å². The molecule has 1 heterocycles. The van der Waals surface area contributed by atoms with Gasteiger partial charge in [-0.15, -0.1) is 0 Å². The van der Waals surface area contributed by atoms with Gasteiger partial charge in [-0.05, 0) is 70.5 Å². The molecule has 0 bridgehead atoms. The maximum atomic E-state index is 13.0. The summed E-state index contributed by atoms with van der Waals surface area (Å²) in [6.45, 7) is 0. The molecule has 4 rings (SSSR count). The lowest BCUT2D eigenvalue weighted by Crippen LogP contribution is -2.15. The van der Waals surface area contributed by atoms with E-state index in [1.54, 1.807) is 12.1 Å². The first-order valence-electron chi connectivity index (χ1n) is 8.57. The molecule has 0 radical (unpaired) electrons. The Morgan fingerprint density at radius 2 is 1.77 bits per heavy atom. The second-order valence-corrected chi connectivity index (χ2v) is 9.77. The molecule has 0 saturated carbocycles. The van der Waals surface area contributed by atoms with Gasteiger partial charge in [0.25, 0.3) is 15.9 Å². The fourth-order valence-electron chi connectivity index (χ4n) is 2.69. The third-order valence-electron chi connectivity index (χ3n) is 4.09. The van der Waals surface area contributed by atoms with Crippen LogP contribution in [0.25, 0.3) is 10.2 Å². The second-order valence-electron chi connectivity index (χ2n) is 6.20. The first-order valence-corrected chi connectivity index (χ1v) is 11.7. The number of hydrogen-bond acceptors (Lipinski definition) is 5. The monoisotopic (exact) mass is 505 g/mol. The Balaban J connectivity index is 1.54. The minimum atomic E-state index is -3.92. The molecule has 10 heteroatoms. The van der Waals surface area contributed by atoms with Crippen molar-refractivity contribution in [3.63, 3.8) is 0 Å². The number of para-hydroxylation sites is 1. The lowest BCUT2D eigenvalue weighted by atomic mass is 10.2. The largest absolute Gasteiger partial charge is 0.298 e. The highest BCUT2D eigenvalue weighted by molar-refractivity contribution is 9.10. The van der Waals surface area contributed by atoms with E-state index in [0.29, 0.717) is 5.13 Å². The first-order chi connectivity index (χ1) is 14.3. The maximum Gasteiger partial charge on any atom is 0.261 e. The SMILES string of the molecule is O=C(Nc1nc2c(Br)cccc2s1)c1cccc(NS(=O)(=O)c2ccc(F)cc2)c1. The van der Waals surface area contributed by atoms with Gasteiger partial charge in [-0.3, -0.25) is 14.8 Å². The fourth-order valence-corrected chi connectivity index (χ4v) is 5.21. The topological polar surface area (TPSA) is 88.2 Å². The van der Waals surface area contributed by atoms with Crippen molar-refractivity contribution in [2.75, 3.05) is 10.0 Å². The molecular weight excluding hydrogens is 493 g/mol. The lowest BCUT2D eigenvalue weighted by Gasteiger charge is -2.09. The molecule has 3 aromatic carbocycles. The average Bonchev–Trinajstić information content (AvgIpc) is 3.12. The van der Waals surface area contributed by atoms with Crippen LogP contribution in [0, 0.1) is 5.82 Å². The molecule has 4 aromatic rings. The van der Waals surface area contributed by atoms with E-state index in [4.69, 9.17) is 0 Å². The summed E-state index contributed by atoms with van der Waals surface area (Å²) < 4.78 is 42.1. The number of thiazole rings is 1. The summed E-state index contributed by atoms with van der Waals surface area (Å²) in [5.41, 5.74) is 1.21. The third kappa shape index (κ3) is 4.35. The number of amides is 1. The van der Waals surface area contributed by atoms with E-state index in [-0.39, 0.29) is 16.1 Å². The van der Waals surface area contributed by atoms with Gasteiger partial charge >= 0.3 is 0 Å². The van der Waals surface area contributed by atoms with Gasteiger partial charge in [-0.2, -0.15) is 0 Å². The molecule has 0 atom stereocenters. The summed E-state index contributed by atoms with van der Waals surface area (Å²) >= 11 is 4.76. The number of carbonyl (C=O) groups is 1. The number of sulfonamides is 1. The number of halogens is 2. The molecule has 0 fully saturated rings. The molecule has 0 aliphatic heterocycles. The van der Waals surface area contributed by atoms with Crippen molar-refractivity contribution in [2.24, 2.45) is 0 Å². The molecule has 30 heavy (non-hydrogen) atoms. The predicted molar refractivity (Wildman–Crippen MR) is 119 cm³/mol. The number of rotatable bonds is 5. The normalized spacial score (nSPS) is 11.4. The number of benzene rings is 3. The number of nitrogens with zero attached hydrogens (tertiary/aromatic N) is 1. The summed E-state index contributed by atoms with van der Waals surface area (Å²) in [6.07, 6.45) is 0. The summed E-state index contributed by atoms with van der Waals surface area (Å²) in [5, 5.41) is 3.16. The molecule has 1 aromatic heterocycles. The van der Waals surface area contributed by atoms with E-state index >= 15 is 0 Å². The Hall–Kier alpha value is -2.82.